The number of phenolic OH excluding ortho intramolecular Hbond substituents is 2. The summed E-state index contributed by atoms with van der Waals surface area (Å²) in [7, 11) is 0. The highest BCUT2D eigenvalue weighted by Gasteiger charge is 2.44. The molecule has 78 heavy (non-hydrogen) atoms. The molecule has 2 aliphatic heterocycles. The number of benzene rings is 4. The molecule has 0 radical (unpaired) electrons. The first-order valence-electron chi connectivity index (χ1n) is 26.9. The van der Waals surface area contributed by atoms with Gasteiger partial charge in [-0.05, 0) is 94.1 Å². The highest BCUT2D eigenvalue weighted by atomic mass is 32.1. The van der Waals surface area contributed by atoms with Crippen LogP contribution in [0.1, 0.15) is 81.3 Å². The third kappa shape index (κ3) is 16.9. The van der Waals surface area contributed by atoms with E-state index in [1.54, 1.807) is 35.6 Å². The highest BCUT2D eigenvalue weighted by molar-refractivity contribution is 7.13. The number of nitrogens with one attached hydrogen (secondary N) is 2. The molecule has 2 fully saturated rings. The van der Waals surface area contributed by atoms with E-state index >= 15 is 0 Å². The Hall–Kier alpha value is -6.67. The number of allylic oxidation sites excluding steroid dienone is 1. The largest absolute Gasteiger partial charge is 0.508 e. The molecule has 418 valence electrons. The van der Waals surface area contributed by atoms with Crippen molar-refractivity contribution in [2.24, 2.45) is 5.41 Å². The van der Waals surface area contributed by atoms with E-state index in [1.807, 2.05) is 111 Å². The fourth-order valence-electron chi connectivity index (χ4n) is 9.60. The molecule has 2 saturated heterocycles. The van der Waals surface area contributed by atoms with Crippen molar-refractivity contribution < 1.29 is 53.4 Å². The van der Waals surface area contributed by atoms with E-state index < -0.39 is 29.5 Å². The van der Waals surface area contributed by atoms with Crippen molar-refractivity contribution in [3.05, 3.63) is 131 Å². The molecule has 1 aromatic heterocycles. The lowest BCUT2D eigenvalue weighted by Crippen LogP contribution is -2.57. The van der Waals surface area contributed by atoms with Crippen LogP contribution in [0.4, 0.5) is 0 Å². The Morgan fingerprint density at radius 3 is 1.90 bits per heavy atom. The monoisotopic (exact) mass is 1090 g/mol. The topological polar surface area (TPSA) is 213 Å². The number of likely N-dealkylation sites (tertiary alicyclic amines) is 1. The van der Waals surface area contributed by atoms with Crippen molar-refractivity contribution in [1.29, 1.82) is 0 Å². The molecule has 4 amide bonds. The Morgan fingerprint density at radius 2 is 1.32 bits per heavy atom. The third-order valence-corrected chi connectivity index (χ3v) is 14.9. The lowest BCUT2D eigenvalue weighted by molar-refractivity contribution is -0.144. The van der Waals surface area contributed by atoms with E-state index in [1.165, 1.54) is 4.90 Å². The zero-order valence-corrected chi connectivity index (χ0v) is 46.4. The normalized spacial score (nSPS) is 16.6. The summed E-state index contributed by atoms with van der Waals surface area (Å²) in [5.74, 6) is 0.0557. The maximum atomic E-state index is 14.0. The molecular weight excluding hydrogens is 1010 g/mol. The van der Waals surface area contributed by atoms with E-state index in [4.69, 9.17) is 18.9 Å². The maximum Gasteiger partial charge on any atom is 0.246 e. The summed E-state index contributed by atoms with van der Waals surface area (Å²) in [4.78, 5) is 64.4. The highest BCUT2D eigenvalue weighted by Crippen LogP contribution is 2.36. The standard InChI is InChI=1S/C60H76N6O11S/c1-6-51(43-11-17-47(67)18-12-43)55(44-13-19-48(68)20-14-44)45-15-21-50(22-16-45)77-32-29-64-25-27-65(28-26-64)54(71)24-31-75-34-36-76-35-33-74-30-23-53(70)63-57(60(3,4)5)59(73)66-39-49(69)37-52(66)58(72)61-38-42-7-9-46(10-8-42)56-41(2)62-40-78-56/h7-22,40,49,52,57,67-69H,6,23-39H2,1-5H3,(H,61,72)(H,63,70)/t49-,52+,57-/m1/s1. The van der Waals surface area contributed by atoms with Crippen molar-refractivity contribution in [3.8, 4) is 27.7 Å². The smallest absolute Gasteiger partial charge is 0.246 e. The van der Waals surface area contributed by atoms with Crippen LogP contribution in [0.3, 0.4) is 0 Å². The predicted molar refractivity (Wildman–Crippen MR) is 301 cm³/mol. The number of aromatic hydroxyl groups is 2. The number of thiazole rings is 1. The van der Waals surface area contributed by atoms with Crippen LogP contribution in [-0.4, -0.2) is 162 Å². The average molecular weight is 1090 g/mol. The minimum atomic E-state index is -0.941. The summed E-state index contributed by atoms with van der Waals surface area (Å²) in [5, 5.41) is 36.2. The molecule has 17 nitrogen and oxygen atoms in total. The Morgan fingerprint density at radius 1 is 0.744 bits per heavy atom. The van der Waals surface area contributed by atoms with Crippen molar-refractivity contribution in [2.45, 2.75) is 85.0 Å². The Bertz CT molecular complexity index is 2750. The second-order valence-corrected chi connectivity index (χ2v) is 21.5. The first-order chi connectivity index (χ1) is 37.6. The van der Waals surface area contributed by atoms with E-state index in [0.717, 1.165) is 81.3 Å². The maximum absolute atomic E-state index is 14.0. The fourth-order valence-corrected chi connectivity index (χ4v) is 10.4. The zero-order valence-electron chi connectivity index (χ0n) is 45.6. The van der Waals surface area contributed by atoms with Gasteiger partial charge in [0.1, 0.15) is 35.9 Å². The molecule has 5 N–H and O–H groups in total. The number of amides is 4. The van der Waals surface area contributed by atoms with Crippen LogP contribution >= 0.6 is 11.3 Å². The van der Waals surface area contributed by atoms with E-state index in [9.17, 15) is 34.5 Å². The molecule has 0 spiro atoms. The van der Waals surface area contributed by atoms with Gasteiger partial charge in [-0.15, -0.1) is 11.3 Å². The molecule has 0 aliphatic carbocycles. The van der Waals surface area contributed by atoms with E-state index in [0.29, 0.717) is 32.9 Å². The van der Waals surface area contributed by atoms with Crippen LogP contribution in [0.5, 0.6) is 17.2 Å². The number of hydrogen-bond acceptors (Lipinski definition) is 14. The second kappa shape index (κ2) is 28.8. The van der Waals surface area contributed by atoms with Crippen LogP contribution in [0, 0.1) is 12.3 Å². The van der Waals surface area contributed by atoms with Gasteiger partial charge in [-0.2, -0.15) is 0 Å². The summed E-state index contributed by atoms with van der Waals surface area (Å²) >= 11 is 1.57. The summed E-state index contributed by atoms with van der Waals surface area (Å²) in [6, 6.07) is 28.5. The molecule has 7 rings (SSSR count). The molecule has 0 saturated carbocycles. The lowest BCUT2D eigenvalue weighted by Gasteiger charge is -2.35. The number of rotatable bonds is 26. The van der Waals surface area contributed by atoms with Crippen LogP contribution in [-0.2, 0) is 39.9 Å². The van der Waals surface area contributed by atoms with Gasteiger partial charge >= 0.3 is 0 Å². The number of nitrogens with zero attached hydrogens (tertiary/aromatic N) is 4. The third-order valence-electron chi connectivity index (χ3n) is 14.0. The van der Waals surface area contributed by atoms with Gasteiger partial charge in [-0.25, -0.2) is 4.98 Å². The number of ether oxygens (including phenoxy) is 4. The molecule has 3 atom stereocenters. The summed E-state index contributed by atoms with van der Waals surface area (Å²) in [5.41, 5.74) is 9.19. The van der Waals surface area contributed by atoms with Crippen LogP contribution in [0.2, 0.25) is 0 Å². The van der Waals surface area contributed by atoms with Gasteiger partial charge in [-0.1, -0.05) is 88.4 Å². The number of aryl methyl sites for hydroxylation is 1. The summed E-state index contributed by atoms with van der Waals surface area (Å²) < 4.78 is 23.1. The van der Waals surface area contributed by atoms with Gasteiger partial charge in [-0.3, -0.25) is 24.1 Å². The number of aliphatic hydroxyl groups excluding tert-OH is 1. The summed E-state index contributed by atoms with van der Waals surface area (Å²) in [6.07, 6.45) is 0.284. The van der Waals surface area contributed by atoms with Crippen molar-refractivity contribution in [3.63, 3.8) is 0 Å². The molecule has 3 heterocycles. The molecular formula is C60H76N6O11S. The second-order valence-electron chi connectivity index (χ2n) is 20.7. The van der Waals surface area contributed by atoms with Crippen LogP contribution in [0.15, 0.2) is 103 Å². The Kier molecular flexibility index (Phi) is 21.8. The van der Waals surface area contributed by atoms with Gasteiger partial charge in [0.05, 0.1) is 68.2 Å². The van der Waals surface area contributed by atoms with Crippen LogP contribution in [0.25, 0.3) is 21.6 Å². The number of hydrogen-bond donors (Lipinski definition) is 5. The molecule has 0 unspecified atom stereocenters. The number of phenols is 2. The minimum absolute atomic E-state index is 0.0125. The number of aromatic nitrogens is 1. The fraction of sp³-hybridized carbons (Fsp3) is 0.450. The van der Waals surface area contributed by atoms with Crippen molar-refractivity contribution in [2.75, 3.05) is 85.5 Å². The number of piperazine rings is 1. The van der Waals surface area contributed by atoms with Gasteiger partial charge in [0, 0.05) is 58.7 Å². The summed E-state index contributed by atoms with van der Waals surface area (Å²) in [6.45, 7) is 15.4. The quantitative estimate of drug-likeness (QED) is 0.0278. The van der Waals surface area contributed by atoms with E-state index in [2.05, 4.69) is 27.4 Å². The molecule has 5 aromatic rings. The SMILES string of the molecule is CCC(=C(c1ccc(O)cc1)c1ccc(OCCN2CCN(C(=O)CCOCCOCCOCCC(=O)N[C@H](C(=O)N3C[C@H](O)C[C@H]3C(=O)NCc3ccc(-c4scnc4C)cc3)C(C)(C)C)CC2)cc1)c1ccc(O)cc1. The number of β-amino-alcohol motifs (C(OH)–C–C–N with tert-alkyl or cyclic N) is 1. The van der Waals surface area contributed by atoms with Crippen LogP contribution < -0.4 is 15.4 Å². The molecule has 4 aromatic carbocycles. The molecule has 18 heteroatoms. The predicted octanol–water partition coefficient (Wildman–Crippen LogP) is 7.06. The lowest BCUT2D eigenvalue weighted by atomic mass is 9.85. The van der Waals surface area contributed by atoms with Gasteiger partial charge in [0.2, 0.25) is 23.6 Å². The zero-order chi connectivity index (χ0) is 55.6. The van der Waals surface area contributed by atoms with Gasteiger partial charge in [0.25, 0.3) is 0 Å². The average Bonchev–Trinajstić information content (AvgIpc) is 4.08. The molecule has 2 aliphatic rings. The minimum Gasteiger partial charge on any atom is -0.508 e. The Balaban J connectivity index is 0.724. The van der Waals surface area contributed by atoms with Crippen molar-refractivity contribution >= 4 is 46.1 Å². The van der Waals surface area contributed by atoms with Gasteiger partial charge < -0.3 is 54.7 Å². The van der Waals surface area contributed by atoms with E-state index in [-0.39, 0.29) is 88.0 Å². The van der Waals surface area contributed by atoms with Crippen molar-refractivity contribution in [1.82, 2.24) is 30.3 Å². The number of aliphatic hydroxyl groups is 1. The first kappa shape index (κ1) is 59.0. The van der Waals surface area contributed by atoms with Gasteiger partial charge in [0.15, 0.2) is 0 Å². The number of carbonyl (C=O) groups excluding carboxylic acids is 4. The molecule has 0 bridgehead atoms. The first-order valence-corrected chi connectivity index (χ1v) is 27.8. The number of carbonyl (C=O) groups is 4. The Labute approximate surface area is 462 Å².